The third kappa shape index (κ3) is 2.45. The summed E-state index contributed by atoms with van der Waals surface area (Å²) in [6.07, 6.45) is 0. The number of aryl methyl sites for hydroxylation is 1. The van der Waals surface area contributed by atoms with Crippen molar-refractivity contribution < 1.29 is 8.91 Å². The Hall–Kier alpha value is -2.14. The summed E-state index contributed by atoms with van der Waals surface area (Å²) in [5, 5.41) is 3.80. The maximum atomic E-state index is 14.2. The van der Waals surface area contributed by atoms with Gasteiger partial charge in [0.05, 0.1) is 11.1 Å². The molecule has 0 amide bonds. The zero-order valence-corrected chi connectivity index (χ0v) is 12.8. The van der Waals surface area contributed by atoms with E-state index >= 15 is 0 Å². The van der Waals surface area contributed by atoms with Crippen molar-refractivity contribution in [3.63, 3.8) is 0 Å². The van der Waals surface area contributed by atoms with Crippen LogP contribution >= 0.6 is 15.9 Å². The highest BCUT2D eigenvalue weighted by Gasteiger charge is 2.21. The van der Waals surface area contributed by atoms with Crippen LogP contribution in [0, 0.1) is 12.7 Å². The van der Waals surface area contributed by atoms with Crippen LogP contribution in [-0.4, -0.2) is 5.16 Å². The van der Waals surface area contributed by atoms with Crippen molar-refractivity contribution in [3.8, 4) is 22.5 Å². The maximum Gasteiger partial charge on any atom is 0.179 e. The molecule has 3 aromatic rings. The van der Waals surface area contributed by atoms with Crippen LogP contribution in [0.4, 0.5) is 10.2 Å². The van der Waals surface area contributed by atoms with Crippen LogP contribution in [0.3, 0.4) is 0 Å². The molecule has 106 valence electrons. The Morgan fingerprint density at radius 1 is 1.14 bits per heavy atom. The van der Waals surface area contributed by atoms with Crippen molar-refractivity contribution in [1.82, 2.24) is 5.16 Å². The second-order valence-electron chi connectivity index (χ2n) is 4.71. The summed E-state index contributed by atoms with van der Waals surface area (Å²) in [6, 6.07) is 12.5. The molecule has 3 nitrogen and oxygen atoms in total. The molecular weight excluding hydrogens is 335 g/mol. The Bertz CT molecular complexity index is 814. The van der Waals surface area contributed by atoms with E-state index in [1.807, 2.05) is 31.2 Å². The van der Waals surface area contributed by atoms with Gasteiger partial charge in [-0.05, 0) is 36.2 Å². The first kappa shape index (κ1) is 13.8. The predicted molar refractivity (Wildman–Crippen MR) is 84.2 cm³/mol. The van der Waals surface area contributed by atoms with Crippen molar-refractivity contribution in [2.45, 2.75) is 6.92 Å². The summed E-state index contributed by atoms with van der Waals surface area (Å²) in [5.41, 5.74) is 8.78. The first-order valence-electron chi connectivity index (χ1n) is 6.34. The predicted octanol–water partition coefficient (Wildman–Crippen LogP) is 4.80. The van der Waals surface area contributed by atoms with Crippen LogP contribution in [0.1, 0.15) is 5.56 Å². The van der Waals surface area contributed by atoms with Crippen LogP contribution in [0.5, 0.6) is 0 Å². The molecule has 1 heterocycles. The number of rotatable bonds is 2. The lowest BCUT2D eigenvalue weighted by molar-refractivity contribution is 0.433. The fourth-order valence-electron chi connectivity index (χ4n) is 2.27. The third-order valence-electron chi connectivity index (χ3n) is 3.31. The van der Waals surface area contributed by atoms with Gasteiger partial charge in [-0.3, -0.25) is 0 Å². The number of nitrogen functional groups attached to an aromatic ring is 1. The van der Waals surface area contributed by atoms with Crippen molar-refractivity contribution in [2.24, 2.45) is 0 Å². The van der Waals surface area contributed by atoms with Crippen LogP contribution in [-0.2, 0) is 0 Å². The highest BCUT2D eigenvalue weighted by Crippen LogP contribution is 2.39. The van der Waals surface area contributed by atoms with Crippen molar-refractivity contribution >= 4 is 21.7 Å². The summed E-state index contributed by atoms with van der Waals surface area (Å²) in [5.74, 6) is 0.198. The van der Waals surface area contributed by atoms with Gasteiger partial charge in [0.1, 0.15) is 5.82 Å². The first-order valence-corrected chi connectivity index (χ1v) is 7.14. The Kier molecular flexibility index (Phi) is 3.51. The molecule has 2 N–H and O–H groups in total. The van der Waals surface area contributed by atoms with E-state index in [-0.39, 0.29) is 5.82 Å². The van der Waals surface area contributed by atoms with E-state index in [0.717, 1.165) is 11.1 Å². The van der Waals surface area contributed by atoms with Gasteiger partial charge >= 0.3 is 0 Å². The smallest absolute Gasteiger partial charge is 0.179 e. The molecule has 0 atom stereocenters. The van der Waals surface area contributed by atoms with E-state index in [1.54, 1.807) is 12.1 Å². The lowest BCUT2D eigenvalue weighted by Gasteiger charge is -2.07. The molecule has 3 rings (SSSR count). The Balaban J connectivity index is 2.25. The van der Waals surface area contributed by atoms with Crippen LogP contribution in [0.25, 0.3) is 22.5 Å². The van der Waals surface area contributed by atoms with E-state index in [1.165, 1.54) is 6.07 Å². The molecule has 0 aliphatic rings. The molecule has 5 heteroatoms. The summed E-state index contributed by atoms with van der Waals surface area (Å²) < 4.78 is 20.1. The number of nitrogens with two attached hydrogens (primary N) is 1. The number of aromatic nitrogens is 1. The van der Waals surface area contributed by atoms with Crippen molar-refractivity contribution in [3.05, 3.63) is 58.3 Å². The fraction of sp³-hybridized carbons (Fsp3) is 0.0625. The monoisotopic (exact) mass is 346 g/mol. The van der Waals surface area contributed by atoms with E-state index in [2.05, 4.69) is 21.1 Å². The quantitative estimate of drug-likeness (QED) is 0.724. The molecule has 0 fully saturated rings. The molecule has 0 unspecified atom stereocenters. The van der Waals surface area contributed by atoms with Gasteiger partial charge in [-0.15, -0.1) is 0 Å². The largest absolute Gasteiger partial charge is 0.380 e. The van der Waals surface area contributed by atoms with Gasteiger partial charge in [0.15, 0.2) is 11.6 Å². The summed E-state index contributed by atoms with van der Waals surface area (Å²) in [7, 11) is 0. The maximum absolute atomic E-state index is 14.2. The first-order chi connectivity index (χ1) is 10.1. The average Bonchev–Trinajstić information content (AvgIpc) is 2.81. The lowest BCUT2D eigenvalue weighted by Crippen LogP contribution is -1.92. The molecule has 0 radical (unpaired) electrons. The number of anilines is 1. The van der Waals surface area contributed by atoms with Crippen LogP contribution in [0.15, 0.2) is 51.5 Å². The molecule has 0 saturated heterocycles. The van der Waals surface area contributed by atoms with Crippen LogP contribution in [0.2, 0.25) is 0 Å². The van der Waals surface area contributed by atoms with Gasteiger partial charge in [-0.2, -0.15) is 0 Å². The van der Waals surface area contributed by atoms with Gasteiger partial charge in [0.2, 0.25) is 0 Å². The minimum atomic E-state index is -0.393. The third-order valence-corrected chi connectivity index (χ3v) is 3.80. The highest BCUT2D eigenvalue weighted by molar-refractivity contribution is 9.10. The molecule has 1 aromatic heterocycles. The standard InChI is InChI=1S/C16H12BrFN2O/c1-9-4-2-3-5-11(9)14-15(21-20-16(14)19)12-7-6-10(17)8-13(12)18/h2-8H,1H3,(H2,19,20). The van der Waals surface area contributed by atoms with Gasteiger partial charge in [-0.1, -0.05) is 45.4 Å². The van der Waals surface area contributed by atoms with E-state index in [4.69, 9.17) is 10.3 Å². The van der Waals surface area contributed by atoms with E-state index in [9.17, 15) is 4.39 Å². The van der Waals surface area contributed by atoms with Gasteiger partial charge in [0, 0.05) is 4.47 Å². The fourth-order valence-corrected chi connectivity index (χ4v) is 2.61. The van der Waals surface area contributed by atoms with Gasteiger partial charge in [0.25, 0.3) is 0 Å². The molecule has 0 spiro atoms. The number of hydrogen-bond donors (Lipinski definition) is 1. The van der Waals surface area contributed by atoms with Gasteiger partial charge in [-0.25, -0.2) is 4.39 Å². The second-order valence-corrected chi connectivity index (χ2v) is 5.63. The highest BCUT2D eigenvalue weighted by atomic mass is 79.9. The van der Waals surface area contributed by atoms with Crippen molar-refractivity contribution in [1.29, 1.82) is 0 Å². The van der Waals surface area contributed by atoms with E-state index < -0.39 is 5.82 Å². The zero-order chi connectivity index (χ0) is 15.0. The number of nitrogens with zero attached hydrogens (tertiary/aromatic N) is 1. The molecule has 0 aliphatic heterocycles. The summed E-state index contributed by atoms with van der Waals surface area (Å²) in [4.78, 5) is 0. The topological polar surface area (TPSA) is 52.0 Å². The normalized spacial score (nSPS) is 10.8. The molecule has 21 heavy (non-hydrogen) atoms. The molecule has 0 aliphatic carbocycles. The number of halogens is 2. The summed E-state index contributed by atoms with van der Waals surface area (Å²) >= 11 is 3.24. The minimum Gasteiger partial charge on any atom is -0.380 e. The zero-order valence-electron chi connectivity index (χ0n) is 11.2. The van der Waals surface area contributed by atoms with E-state index in [0.29, 0.717) is 21.4 Å². The SMILES string of the molecule is Cc1ccccc1-c1c(N)noc1-c1ccc(Br)cc1F. The molecular formula is C16H12BrFN2O. The van der Waals surface area contributed by atoms with Gasteiger partial charge < -0.3 is 10.3 Å². The molecule has 0 bridgehead atoms. The lowest BCUT2D eigenvalue weighted by atomic mass is 9.97. The Morgan fingerprint density at radius 2 is 1.90 bits per heavy atom. The molecule has 2 aromatic carbocycles. The molecule has 0 saturated carbocycles. The minimum absolute atomic E-state index is 0.251. The Labute approximate surface area is 129 Å². The Morgan fingerprint density at radius 3 is 2.62 bits per heavy atom. The van der Waals surface area contributed by atoms with Crippen LogP contribution < -0.4 is 5.73 Å². The number of benzene rings is 2. The average molecular weight is 347 g/mol. The second kappa shape index (κ2) is 5.33. The summed E-state index contributed by atoms with van der Waals surface area (Å²) in [6.45, 7) is 1.96. The number of hydrogen-bond acceptors (Lipinski definition) is 3. The van der Waals surface area contributed by atoms with Crippen molar-refractivity contribution in [2.75, 3.05) is 5.73 Å².